The zero-order chi connectivity index (χ0) is 15.8. The van der Waals surface area contributed by atoms with E-state index in [4.69, 9.17) is 27.9 Å². The van der Waals surface area contributed by atoms with E-state index < -0.39 is 0 Å². The number of carbonyl (C=O) groups excluding carboxylic acids is 1. The van der Waals surface area contributed by atoms with Gasteiger partial charge in [0, 0.05) is 12.1 Å². The maximum absolute atomic E-state index is 11.9. The second-order valence-electron chi connectivity index (χ2n) is 4.75. The van der Waals surface area contributed by atoms with Crippen LogP contribution >= 0.6 is 23.2 Å². The molecule has 2 rings (SSSR count). The molecule has 0 saturated carbocycles. The minimum Gasteiger partial charge on any atom is -0.494 e. The second kappa shape index (κ2) is 8.66. The van der Waals surface area contributed by atoms with E-state index in [-0.39, 0.29) is 5.91 Å². The van der Waals surface area contributed by atoms with Crippen LogP contribution in [-0.4, -0.2) is 19.1 Å². The number of hydrogen-bond acceptors (Lipinski definition) is 2. The third-order valence-corrected chi connectivity index (χ3v) is 3.79. The van der Waals surface area contributed by atoms with E-state index in [0.29, 0.717) is 28.8 Å². The number of unbranched alkanes of at least 4 members (excludes halogenated alkanes) is 1. The summed E-state index contributed by atoms with van der Waals surface area (Å²) in [5.74, 6) is 0.713. The van der Waals surface area contributed by atoms with E-state index in [2.05, 4.69) is 5.32 Å². The van der Waals surface area contributed by atoms with Crippen LogP contribution in [0.3, 0.4) is 0 Å². The third kappa shape index (κ3) is 5.24. The summed E-state index contributed by atoms with van der Waals surface area (Å²) < 4.78 is 5.58. The van der Waals surface area contributed by atoms with Gasteiger partial charge in [-0.2, -0.15) is 0 Å². The van der Waals surface area contributed by atoms with Gasteiger partial charge in [-0.15, -0.1) is 0 Å². The van der Waals surface area contributed by atoms with Crippen molar-refractivity contribution in [3.8, 4) is 5.75 Å². The highest BCUT2D eigenvalue weighted by Gasteiger charge is 2.07. The maximum Gasteiger partial charge on any atom is 0.251 e. The van der Waals surface area contributed by atoms with Gasteiger partial charge in [0.15, 0.2) is 0 Å². The molecular weight excluding hydrogens is 321 g/mol. The lowest BCUT2D eigenvalue weighted by Gasteiger charge is -2.07. The Bertz CT molecular complexity index is 617. The molecule has 0 heterocycles. The average Bonchev–Trinajstić information content (AvgIpc) is 2.54. The Labute approximate surface area is 140 Å². The molecule has 2 aromatic rings. The van der Waals surface area contributed by atoms with Crippen molar-refractivity contribution in [3.63, 3.8) is 0 Å². The molecule has 0 aliphatic carbocycles. The highest BCUT2D eigenvalue weighted by molar-refractivity contribution is 6.42. The number of halogens is 2. The molecule has 0 radical (unpaired) electrons. The fraction of sp³-hybridized carbons (Fsp3) is 0.235. The van der Waals surface area contributed by atoms with Crippen molar-refractivity contribution < 1.29 is 9.53 Å². The van der Waals surface area contributed by atoms with E-state index in [0.717, 1.165) is 18.6 Å². The average molecular weight is 338 g/mol. The zero-order valence-corrected chi connectivity index (χ0v) is 13.5. The van der Waals surface area contributed by atoms with Crippen molar-refractivity contribution in [2.75, 3.05) is 13.2 Å². The predicted octanol–water partition coefficient (Wildman–Crippen LogP) is 4.58. The minimum atomic E-state index is -0.150. The summed E-state index contributed by atoms with van der Waals surface area (Å²) in [4.78, 5) is 11.9. The topological polar surface area (TPSA) is 38.3 Å². The molecular formula is C17H17Cl2NO2. The van der Waals surface area contributed by atoms with Gasteiger partial charge in [0.25, 0.3) is 5.91 Å². The molecule has 1 N–H and O–H groups in total. The number of benzene rings is 2. The van der Waals surface area contributed by atoms with Crippen LogP contribution in [0.2, 0.25) is 10.0 Å². The molecule has 0 aliphatic heterocycles. The zero-order valence-electron chi connectivity index (χ0n) is 12.0. The quantitative estimate of drug-likeness (QED) is 0.751. The SMILES string of the molecule is O=C(NCCCCOc1ccccc1)c1ccc(Cl)c(Cl)c1. The Morgan fingerprint density at radius 3 is 2.50 bits per heavy atom. The van der Waals surface area contributed by atoms with Crippen molar-refractivity contribution in [2.45, 2.75) is 12.8 Å². The standard InChI is InChI=1S/C17H17Cl2NO2/c18-15-9-8-13(12-16(15)19)17(21)20-10-4-5-11-22-14-6-2-1-3-7-14/h1-3,6-9,12H,4-5,10-11H2,(H,20,21). The molecule has 1 amide bonds. The summed E-state index contributed by atoms with van der Waals surface area (Å²) in [5.41, 5.74) is 0.509. The van der Waals surface area contributed by atoms with E-state index >= 15 is 0 Å². The summed E-state index contributed by atoms with van der Waals surface area (Å²) >= 11 is 11.7. The molecule has 3 nitrogen and oxygen atoms in total. The van der Waals surface area contributed by atoms with Crippen molar-refractivity contribution in [2.24, 2.45) is 0 Å². The van der Waals surface area contributed by atoms with Gasteiger partial charge < -0.3 is 10.1 Å². The first-order chi connectivity index (χ1) is 10.7. The number of nitrogens with one attached hydrogen (secondary N) is 1. The van der Waals surface area contributed by atoms with E-state index in [1.54, 1.807) is 18.2 Å². The summed E-state index contributed by atoms with van der Waals surface area (Å²) in [6, 6.07) is 14.5. The van der Waals surface area contributed by atoms with Gasteiger partial charge >= 0.3 is 0 Å². The smallest absolute Gasteiger partial charge is 0.251 e. The fourth-order valence-electron chi connectivity index (χ4n) is 1.88. The second-order valence-corrected chi connectivity index (χ2v) is 5.57. The summed E-state index contributed by atoms with van der Waals surface area (Å²) in [5, 5.41) is 3.67. The van der Waals surface area contributed by atoms with Gasteiger partial charge in [0.2, 0.25) is 0 Å². The van der Waals surface area contributed by atoms with E-state index in [9.17, 15) is 4.79 Å². The lowest BCUT2D eigenvalue weighted by molar-refractivity contribution is 0.0952. The molecule has 0 fully saturated rings. The van der Waals surface area contributed by atoms with Crippen LogP contribution < -0.4 is 10.1 Å². The van der Waals surface area contributed by atoms with E-state index in [1.165, 1.54) is 0 Å². The lowest BCUT2D eigenvalue weighted by atomic mass is 10.2. The van der Waals surface area contributed by atoms with Gasteiger partial charge in [-0.1, -0.05) is 41.4 Å². The van der Waals surface area contributed by atoms with Crippen molar-refractivity contribution >= 4 is 29.1 Å². The Balaban J connectivity index is 1.64. The van der Waals surface area contributed by atoms with Gasteiger partial charge in [0.1, 0.15) is 5.75 Å². The van der Waals surface area contributed by atoms with Crippen LogP contribution in [0.15, 0.2) is 48.5 Å². The minimum absolute atomic E-state index is 0.150. The van der Waals surface area contributed by atoms with Crippen LogP contribution in [0.5, 0.6) is 5.75 Å². The fourth-order valence-corrected chi connectivity index (χ4v) is 2.17. The first-order valence-electron chi connectivity index (χ1n) is 7.08. The third-order valence-electron chi connectivity index (χ3n) is 3.05. The van der Waals surface area contributed by atoms with Crippen molar-refractivity contribution in [1.29, 1.82) is 0 Å². The van der Waals surface area contributed by atoms with Crippen LogP contribution in [0.25, 0.3) is 0 Å². The first kappa shape index (κ1) is 16.7. The normalized spacial score (nSPS) is 10.3. The predicted molar refractivity (Wildman–Crippen MR) is 90.0 cm³/mol. The highest BCUT2D eigenvalue weighted by Crippen LogP contribution is 2.22. The number of carbonyl (C=O) groups is 1. The highest BCUT2D eigenvalue weighted by atomic mass is 35.5. The first-order valence-corrected chi connectivity index (χ1v) is 7.83. The lowest BCUT2D eigenvalue weighted by Crippen LogP contribution is -2.24. The molecule has 22 heavy (non-hydrogen) atoms. The monoisotopic (exact) mass is 337 g/mol. The largest absolute Gasteiger partial charge is 0.494 e. The Morgan fingerprint density at radius 2 is 1.77 bits per heavy atom. The molecule has 0 bridgehead atoms. The molecule has 0 aliphatic rings. The number of para-hydroxylation sites is 1. The Morgan fingerprint density at radius 1 is 1.00 bits per heavy atom. The molecule has 0 spiro atoms. The van der Waals surface area contributed by atoms with Crippen LogP contribution in [0, 0.1) is 0 Å². The van der Waals surface area contributed by atoms with E-state index in [1.807, 2.05) is 30.3 Å². The molecule has 116 valence electrons. The van der Waals surface area contributed by atoms with Crippen molar-refractivity contribution in [1.82, 2.24) is 5.32 Å². The summed E-state index contributed by atoms with van der Waals surface area (Å²) in [7, 11) is 0. The van der Waals surface area contributed by atoms with Crippen molar-refractivity contribution in [3.05, 3.63) is 64.1 Å². The van der Waals surface area contributed by atoms with Crippen LogP contribution in [0.4, 0.5) is 0 Å². The van der Waals surface area contributed by atoms with Gasteiger partial charge in [-0.25, -0.2) is 0 Å². The molecule has 0 saturated heterocycles. The maximum atomic E-state index is 11.9. The van der Waals surface area contributed by atoms with Gasteiger partial charge in [-0.3, -0.25) is 4.79 Å². The Hall–Kier alpha value is -1.71. The number of amides is 1. The molecule has 0 unspecified atom stereocenters. The van der Waals surface area contributed by atoms with Gasteiger partial charge in [-0.05, 0) is 43.2 Å². The molecule has 0 atom stereocenters. The molecule has 2 aromatic carbocycles. The van der Waals surface area contributed by atoms with Gasteiger partial charge in [0.05, 0.1) is 16.7 Å². The number of ether oxygens (including phenoxy) is 1. The Kier molecular flexibility index (Phi) is 6.56. The molecule has 5 heteroatoms. The summed E-state index contributed by atoms with van der Waals surface area (Å²) in [6.07, 6.45) is 1.72. The van der Waals surface area contributed by atoms with Crippen LogP contribution in [-0.2, 0) is 0 Å². The number of hydrogen-bond donors (Lipinski definition) is 1. The summed E-state index contributed by atoms with van der Waals surface area (Å²) in [6.45, 7) is 1.23. The number of rotatable bonds is 7. The van der Waals surface area contributed by atoms with Crippen LogP contribution in [0.1, 0.15) is 23.2 Å². The molecule has 0 aromatic heterocycles.